The van der Waals surface area contributed by atoms with Crippen molar-refractivity contribution in [3.8, 4) is 0 Å². The first-order chi connectivity index (χ1) is 3.30. The normalized spacial score (nSPS) is 42.0. The molecule has 0 aromatic rings. The second-order valence-electron chi connectivity index (χ2n) is 2.37. The number of nitrogens with two attached hydrogens (primary N) is 1. The van der Waals surface area contributed by atoms with E-state index in [1.54, 1.807) is 0 Å². The van der Waals surface area contributed by atoms with Crippen LogP contribution in [-0.2, 0) is 0 Å². The van der Waals surface area contributed by atoms with E-state index in [1.807, 2.05) is 0 Å². The third kappa shape index (κ3) is 0.942. The molecule has 0 saturated heterocycles. The van der Waals surface area contributed by atoms with E-state index in [4.69, 9.17) is 5.73 Å². The Morgan fingerprint density at radius 2 is 2.43 bits per heavy atom. The van der Waals surface area contributed by atoms with Crippen LogP contribution in [0.25, 0.3) is 0 Å². The third-order valence-corrected chi connectivity index (χ3v) is 1.72. The maximum atomic E-state index is 5.62. The van der Waals surface area contributed by atoms with E-state index in [0.29, 0.717) is 6.04 Å². The quantitative estimate of drug-likeness (QED) is 0.479. The third-order valence-electron chi connectivity index (χ3n) is 1.72. The lowest BCUT2D eigenvalue weighted by Crippen LogP contribution is -2.22. The predicted molar refractivity (Wildman–Crippen MR) is 30.7 cm³/mol. The highest BCUT2D eigenvalue weighted by Gasteiger charge is 2.18. The van der Waals surface area contributed by atoms with Gasteiger partial charge in [-0.3, -0.25) is 0 Å². The molecule has 1 aliphatic carbocycles. The Hall–Kier alpha value is -0.0400. The summed E-state index contributed by atoms with van der Waals surface area (Å²) >= 11 is 0. The number of hydrogen-bond acceptors (Lipinski definition) is 1. The molecule has 0 aliphatic heterocycles. The fraction of sp³-hybridized carbons (Fsp3) is 0.833. The number of rotatable bonds is 0. The molecule has 1 heteroatoms. The minimum atomic E-state index is 0.389. The number of hydrogen-bond donors (Lipinski definition) is 1. The molecule has 1 nitrogen and oxygen atoms in total. The van der Waals surface area contributed by atoms with Gasteiger partial charge in [0.1, 0.15) is 0 Å². The molecule has 41 valence electrons. The van der Waals surface area contributed by atoms with Crippen LogP contribution in [0.4, 0.5) is 0 Å². The van der Waals surface area contributed by atoms with Crippen molar-refractivity contribution in [1.29, 1.82) is 0 Å². The summed E-state index contributed by atoms with van der Waals surface area (Å²) in [6, 6.07) is 0.389. The van der Waals surface area contributed by atoms with Crippen molar-refractivity contribution in [3.05, 3.63) is 6.42 Å². The molecule has 1 aliphatic rings. The smallest absolute Gasteiger partial charge is 0.00962 e. The van der Waals surface area contributed by atoms with Gasteiger partial charge < -0.3 is 5.73 Å². The van der Waals surface area contributed by atoms with Crippen molar-refractivity contribution in [1.82, 2.24) is 0 Å². The minimum absolute atomic E-state index is 0.389. The van der Waals surface area contributed by atoms with E-state index in [9.17, 15) is 0 Å². The second kappa shape index (κ2) is 1.83. The van der Waals surface area contributed by atoms with Crippen LogP contribution in [-0.4, -0.2) is 6.04 Å². The molecule has 1 radical (unpaired) electrons. The summed E-state index contributed by atoms with van der Waals surface area (Å²) in [5, 5.41) is 0. The highest BCUT2D eigenvalue weighted by Crippen LogP contribution is 2.21. The van der Waals surface area contributed by atoms with Crippen molar-refractivity contribution in [2.45, 2.75) is 25.8 Å². The molecule has 7 heavy (non-hydrogen) atoms. The molecule has 1 fully saturated rings. The van der Waals surface area contributed by atoms with Crippen LogP contribution in [0.5, 0.6) is 0 Å². The maximum Gasteiger partial charge on any atom is 0.00962 e. The molecular weight excluding hydrogens is 86.1 g/mol. The van der Waals surface area contributed by atoms with Gasteiger partial charge in [-0.05, 0) is 25.2 Å². The Kier molecular flexibility index (Phi) is 1.33. The summed E-state index contributed by atoms with van der Waals surface area (Å²) in [6.45, 7) is 2.20. The lowest BCUT2D eigenvalue weighted by atomic mass is 10.1. The molecular formula is C6H12N. The monoisotopic (exact) mass is 98.1 g/mol. The average Bonchev–Trinajstić information content (AvgIpc) is 1.91. The fourth-order valence-electron chi connectivity index (χ4n) is 0.976. The molecule has 0 amide bonds. The van der Waals surface area contributed by atoms with E-state index in [1.165, 1.54) is 12.8 Å². The first kappa shape index (κ1) is 5.10. The van der Waals surface area contributed by atoms with Crippen molar-refractivity contribution >= 4 is 0 Å². The summed E-state index contributed by atoms with van der Waals surface area (Å²) in [5.41, 5.74) is 5.62. The van der Waals surface area contributed by atoms with Gasteiger partial charge >= 0.3 is 0 Å². The fourth-order valence-corrected chi connectivity index (χ4v) is 0.976. The Balaban J connectivity index is 2.33. The van der Waals surface area contributed by atoms with E-state index in [2.05, 4.69) is 13.3 Å². The molecule has 0 bridgehead atoms. The summed E-state index contributed by atoms with van der Waals surface area (Å²) < 4.78 is 0. The van der Waals surface area contributed by atoms with Gasteiger partial charge in [-0.1, -0.05) is 6.92 Å². The molecule has 0 heterocycles. The SMILES string of the molecule is CC1CC[CH]C1N. The van der Waals surface area contributed by atoms with E-state index < -0.39 is 0 Å². The highest BCUT2D eigenvalue weighted by atomic mass is 14.7. The molecule has 2 N–H and O–H groups in total. The van der Waals surface area contributed by atoms with Gasteiger partial charge in [-0.15, -0.1) is 0 Å². The van der Waals surface area contributed by atoms with Gasteiger partial charge in [0.25, 0.3) is 0 Å². The highest BCUT2D eigenvalue weighted by molar-refractivity contribution is 4.90. The van der Waals surface area contributed by atoms with Gasteiger partial charge in [-0.25, -0.2) is 0 Å². The predicted octanol–water partition coefficient (Wildman–Crippen LogP) is 0.948. The topological polar surface area (TPSA) is 26.0 Å². The zero-order chi connectivity index (χ0) is 5.28. The molecule has 0 spiro atoms. The molecule has 0 aromatic carbocycles. The summed E-state index contributed by atoms with van der Waals surface area (Å²) in [5.74, 6) is 0.736. The molecule has 0 aromatic heterocycles. The zero-order valence-electron chi connectivity index (χ0n) is 4.72. The molecule has 1 saturated carbocycles. The van der Waals surface area contributed by atoms with Gasteiger partial charge in [-0.2, -0.15) is 0 Å². The second-order valence-corrected chi connectivity index (χ2v) is 2.37. The molecule has 2 unspecified atom stereocenters. The summed E-state index contributed by atoms with van der Waals surface area (Å²) in [6.07, 6.45) is 4.72. The van der Waals surface area contributed by atoms with Crippen LogP contribution in [0.3, 0.4) is 0 Å². The Bertz CT molecular complexity index is 53.2. The Morgan fingerprint density at radius 3 is 2.57 bits per heavy atom. The van der Waals surface area contributed by atoms with Gasteiger partial charge in [0.2, 0.25) is 0 Å². The average molecular weight is 98.2 g/mol. The minimum Gasteiger partial charge on any atom is -0.327 e. The first-order valence-corrected chi connectivity index (χ1v) is 2.89. The van der Waals surface area contributed by atoms with Crippen molar-refractivity contribution in [2.75, 3.05) is 0 Å². The van der Waals surface area contributed by atoms with Crippen LogP contribution < -0.4 is 5.73 Å². The van der Waals surface area contributed by atoms with E-state index in [-0.39, 0.29) is 0 Å². The van der Waals surface area contributed by atoms with Crippen LogP contribution >= 0.6 is 0 Å². The lowest BCUT2D eigenvalue weighted by Gasteiger charge is -2.05. The summed E-state index contributed by atoms with van der Waals surface area (Å²) in [4.78, 5) is 0. The standard InChI is InChI=1S/C6H12N/c1-5-3-2-4-6(5)7/h4-6H,2-3,7H2,1H3. The molecule has 2 atom stereocenters. The van der Waals surface area contributed by atoms with Gasteiger partial charge in [0.15, 0.2) is 0 Å². The van der Waals surface area contributed by atoms with Crippen LogP contribution in [0.1, 0.15) is 19.8 Å². The van der Waals surface area contributed by atoms with Crippen LogP contribution in [0.15, 0.2) is 0 Å². The zero-order valence-corrected chi connectivity index (χ0v) is 4.72. The van der Waals surface area contributed by atoms with E-state index in [0.717, 1.165) is 5.92 Å². The van der Waals surface area contributed by atoms with Crippen LogP contribution in [0.2, 0.25) is 0 Å². The molecule has 1 rings (SSSR count). The van der Waals surface area contributed by atoms with E-state index >= 15 is 0 Å². The Morgan fingerprint density at radius 1 is 1.71 bits per heavy atom. The largest absolute Gasteiger partial charge is 0.327 e. The summed E-state index contributed by atoms with van der Waals surface area (Å²) in [7, 11) is 0. The lowest BCUT2D eigenvalue weighted by molar-refractivity contribution is 0.550. The first-order valence-electron chi connectivity index (χ1n) is 2.89. The van der Waals surface area contributed by atoms with Gasteiger partial charge in [0.05, 0.1) is 0 Å². The van der Waals surface area contributed by atoms with Crippen molar-refractivity contribution < 1.29 is 0 Å². The van der Waals surface area contributed by atoms with Gasteiger partial charge in [0, 0.05) is 6.04 Å². The maximum absolute atomic E-state index is 5.62. The Labute approximate surface area is 44.9 Å². The van der Waals surface area contributed by atoms with Crippen molar-refractivity contribution in [3.63, 3.8) is 0 Å². The van der Waals surface area contributed by atoms with Crippen molar-refractivity contribution in [2.24, 2.45) is 11.7 Å². The van der Waals surface area contributed by atoms with Crippen LogP contribution in [0, 0.1) is 12.3 Å².